The van der Waals surface area contributed by atoms with Gasteiger partial charge < -0.3 is 19.8 Å². The van der Waals surface area contributed by atoms with E-state index in [-0.39, 0.29) is 12.6 Å². The van der Waals surface area contributed by atoms with Crippen LogP contribution in [0.25, 0.3) is 16.5 Å². The number of para-hydroxylation sites is 1. The molecule has 0 bridgehead atoms. The highest BCUT2D eigenvalue weighted by Crippen LogP contribution is 2.31. The summed E-state index contributed by atoms with van der Waals surface area (Å²) in [4.78, 5) is 27.8. The molecule has 1 aliphatic rings. The van der Waals surface area contributed by atoms with Crippen LogP contribution < -0.4 is 5.32 Å². The molecule has 3 rings (SSSR count). The van der Waals surface area contributed by atoms with Gasteiger partial charge in [0.2, 0.25) is 0 Å². The third kappa shape index (κ3) is 2.87. The van der Waals surface area contributed by atoms with Crippen molar-refractivity contribution in [2.75, 3.05) is 13.2 Å². The van der Waals surface area contributed by atoms with E-state index < -0.39 is 12.0 Å². The zero-order chi connectivity index (χ0) is 17.1. The maximum Gasteiger partial charge on any atom is 0.341 e. The predicted octanol–water partition coefficient (Wildman–Crippen LogP) is 2.15. The van der Waals surface area contributed by atoms with Gasteiger partial charge in [-0.2, -0.15) is 0 Å². The molecule has 0 radical (unpaired) electrons. The molecule has 1 aromatic carbocycles. The van der Waals surface area contributed by atoms with Gasteiger partial charge in [-0.05, 0) is 25.5 Å². The number of aromatic nitrogens is 1. The number of nitrogens with one attached hydrogen (secondary N) is 2. The Labute approximate surface area is 139 Å². The zero-order valence-corrected chi connectivity index (χ0v) is 13.7. The lowest BCUT2D eigenvalue weighted by Gasteiger charge is -2.14. The molecule has 1 unspecified atom stereocenters. The molecule has 1 aromatic heterocycles. The van der Waals surface area contributed by atoms with Crippen LogP contribution in [0.4, 0.5) is 0 Å². The molecule has 0 saturated carbocycles. The Morgan fingerprint density at radius 3 is 2.67 bits per heavy atom. The van der Waals surface area contributed by atoms with Gasteiger partial charge in [0.25, 0.3) is 0 Å². The van der Waals surface area contributed by atoms with Crippen molar-refractivity contribution in [1.82, 2.24) is 10.3 Å². The number of benzene rings is 1. The molecule has 24 heavy (non-hydrogen) atoms. The molecule has 1 atom stereocenters. The van der Waals surface area contributed by atoms with Gasteiger partial charge in [0.05, 0.1) is 24.5 Å². The largest absolute Gasteiger partial charge is 0.464 e. The van der Waals surface area contributed by atoms with Crippen molar-refractivity contribution in [1.29, 1.82) is 0 Å². The van der Waals surface area contributed by atoms with Gasteiger partial charge in [0.15, 0.2) is 0 Å². The first-order chi connectivity index (χ1) is 11.7. The highest BCUT2D eigenvalue weighted by molar-refractivity contribution is 6.17. The molecule has 0 saturated heterocycles. The van der Waals surface area contributed by atoms with Crippen LogP contribution in [0.3, 0.4) is 0 Å². The minimum Gasteiger partial charge on any atom is -0.464 e. The van der Waals surface area contributed by atoms with Crippen LogP contribution in [0.1, 0.15) is 25.1 Å². The monoisotopic (exact) mass is 328 g/mol. The molecule has 0 amide bonds. The summed E-state index contributed by atoms with van der Waals surface area (Å²) in [5, 5.41) is 3.98. The van der Waals surface area contributed by atoms with Crippen LogP contribution in [0, 0.1) is 0 Å². The van der Waals surface area contributed by atoms with E-state index in [1.165, 1.54) is 0 Å². The van der Waals surface area contributed by atoms with Gasteiger partial charge in [-0.15, -0.1) is 0 Å². The van der Waals surface area contributed by atoms with Gasteiger partial charge in [-0.3, -0.25) is 0 Å². The van der Waals surface area contributed by atoms with Crippen molar-refractivity contribution in [2.24, 2.45) is 0 Å². The zero-order valence-electron chi connectivity index (χ0n) is 13.7. The Bertz CT molecular complexity index is 806. The van der Waals surface area contributed by atoms with Crippen molar-refractivity contribution in [3.63, 3.8) is 0 Å². The number of carbonyl (C=O) groups is 2. The average Bonchev–Trinajstić information content (AvgIpc) is 2.81. The summed E-state index contributed by atoms with van der Waals surface area (Å²) in [5.41, 5.74) is 2.90. The second-order valence-electron chi connectivity index (χ2n) is 5.48. The van der Waals surface area contributed by atoms with Crippen molar-refractivity contribution in [2.45, 2.75) is 26.3 Å². The van der Waals surface area contributed by atoms with Crippen molar-refractivity contribution < 1.29 is 19.1 Å². The van der Waals surface area contributed by atoms with Gasteiger partial charge in [0, 0.05) is 23.5 Å². The minimum atomic E-state index is -0.546. The lowest BCUT2D eigenvalue weighted by Crippen LogP contribution is -2.36. The van der Waals surface area contributed by atoms with E-state index in [0.717, 1.165) is 16.5 Å². The van der Waals surface area contributed by atoms with Gasteiger partial charge in [-0.1, -0.05) is 18.2 Å². The summed E-state index contributed by atoms with van der Waals surface area (Å²) < 4.78 is 10.3. The Kier molecular flexibility index (Phi) is 4.55. The van der Waals surface area contributed by atoms with E-state index in [1.54, 1.807) is 20.0 Å². The number of H-pyrrole nitrogens is 1. The normalized spacial score (nSPS) is 16.6. The summed E-state index contributed by atoms with van der Waals surface area (Å²) in [6, 6.07) is 7.23. The maximum atomic E-state index is 12.3. The Morgan fingerprint density at radius 1 is 1.17 bits per heavy atom. The van der Waals surface area contributed by atoms with Gasteiger partial charge in [-0.25, -0.2) is 9.59 Å². The molecule has 126 valence electrons. The van der Waals surface area contributed by atoms with Crippen LogP contribution in [0.2, 0.25) is 0 Å². The van der Waals surface area contributed by atoms with Crippen LogP contribution in [-0.2, 0) is 25.5 Å². The predicted molar refractivity (Wildman–Crippen MR) is 90.2 cm³/mol. The number of esters is 2. The summed E-state index contributed by atoms with van der Waals surface area (Å²) >= 11 is 0. The fourth-order valence-electron chi connectivity index (χ4n) is 2.93. The second-order valence-corrected chi connectivity index (χ2v) is 5.48. The van der Waals surface area contributed by atoms with Crippen LogP contribution in [-0.4, -0.2) is 36.2 Å². The van der Waals surface area contributed by atoms with Crippen LogP contribution in [0.5, 0.6) is 0 Å². The molecule has 1 aliphatic heterocycles. The van der Waals surface area contributed by atoms with Crippen molar-refractivity contribution >= 4 is 28.4 Å². The van der Waals surface area contributed by atoms with E-state index in [2.05, 4.69) is 10.3 Å². The first-order valence-electron chi connectivity index (χ1n) is 8.05. The van der Waals surface area contributed by atoms with E-state index in [4.69, 9.17) is 9.47 Å². The number of fused-ring (bicyclic) bond motifs is 3. The summed E-state index contributed by atoms with van der Waals surface area (Å²) in [5.74, 6) is -0.766. The third-order valence-corrected chi connectivity index (χ3v) is 3.99. The Balaban J connectivity index is 2.09. The minimum absolute atomic E-state index is 0.285. The SMILES string of the molecule is CCOC(=O)C1=CNC(C(=O)OCC)Cc2c1[nH]c1ccccc21. The first-order valence-corrected chi connectivity index (χ1v) is 8.05. The molecule has 6 nitrogen and oxygen atoms in total. The smallest absolute Gasteiger partial charge is 0.341 e. The van der Waals surface area contributed by atoms with Crippen molar-refractivity contribution in [3.8, 4) is 0 Å². The lowest BCUT2D eigenvalue weighted by molar-refractivity contribution is -0.145. The summed E-state index contributed by atoms with van der Waals surface area (Å²) in [6.07, 6.45) is 1.97. The quantitative estimate of drug-likeness (QED) is 0.841. The molecule has 6 heteroatoms. The van der Waals surface area contributed by atoms with E-state index in [0.29, 0.717) is 24.3 Å². The molecule has 2 aromatic rings. The molecule has 0 fully saturated rings. The number of hydrogen-bond acceptors (Lipinski definition) is 5. The molecular formula is C18H20N2O4. The number of aromatic amines is 1. The second kappa shape index (κ2) is 6.78. The van der Waals surface area contributed by atoms with Crippen LogP contribution in [0.15, 0.2) is 30.5 Å². The third-order valence-electron chi connectivity index (χ3n) is 3.99. The Hall–Kier alpha value is -2.76. The molecule has 0 spiro atoms. The first kappa shape index (κ1) is 16.1. The summed E-state index contributed by atoms with van der Waals surface area (Å²) in [7, 11) is 0. The highest BCUT2D eigenvalue weighted by Gasteiger charge is 2.29. The van der Waals surface area contributed by atoms with Crippen LogP contribution >= 0.6 is 0 Å². The topological polar surface area (TPSA) is 80.4 Å². The van der Waals surface area contributed by atoms with Gasteiger partial charge >= 0.3 is 11.9 Å². The number of hydrogen-bond donors (Lipinski definition) is 2. The molecule has 2 heterocycles. The number of rotatable bonds is 4. The number of ether oxygens (including phenoxy) is 2. The highest BCUT2D eigenvalue weighted by atomic mass is 16.5. The standard InChI is InChI=1S/C18H20N2O4/c1-3-23-17(21)13-10-19-15(18(22)24-4-2)9-12-11-7-5-6-8-14(11)20-16(12)13/h5-8,10,15,19-20H,3-4,9H2,1-2H3. The lowest BCUT2D eigenvalue weighted by atomic mass is 10.0. The fourth-order valence-corrected chi connectivity index (χ4v) is 2.93. The molecular weight excluding hydrogens is 308 g/mol. The van der Waals surface area contributed by atoms with E-state index >= 15 is 0 Å². The maximum absolute atomic E-state index is 12.3. The van der Waals surface area contributed by atoms with Crippen molar-refractivity contribution in [3.05, 3.63) is 41.7 Å². The average molecular weight is 328 g/mol. The fraction of sp³-hybridized carbons (Fsp3) is 0.333. The summed E-state index contributed by atoms with van der Waals surface area (Å²) in [6.45, 7) is 4.13. The molecule has 2 N–H and O–H groups in total. The van der Waals surface area contributed by atoms with E-state index in [9.17, 15) is 9.59 Å². The Morgan fingerprint density at radius 2 is 1.92 bits per heavy atom. The van der Waals surface area contributed by atoms with Gasteiger partial charge in [0.1, 0.15) is 6.04 Å². The number of carbonyl (C=O) groups excluding carboxylic acids is 2. The molecule has 0 aliphatic carbocycles. The van der Waals surface area contributed by atoms with E-state index in [1.807, 2.05) is 24.3 Å².